The smallest absolute Gasteiger partial charge is 0.304 e. The largest absolute Gasteiger partial charge is 0.493 e. The molecule has 3 aromatic rings. The summed E-state index contributed by atoms with van der Waals surface area (Å²) in [5.41, 5.74) is 1.34. The highest BCUT2D eigenvalue weighted by atomic mass is 32.2. The zero-order chi connectivity index (χ0) is 20.7. The van der Waals surface area contributed by atoms with Gasteiger partial charge in [0.15, 0.2) is 0 Å². The first-order valence-electron chi connectivity index (χ1n) is 9.15. The Hall–Kier alpha value is -3.77. The van der Waals surface area contributed by atoms with Gasteiger partial charge in [-0.05, 0) is 17.6 Å². The van der Waals surface area contributed by atoms with Crippen LogP contribution in [0.3, 0.4) is 0 Å². The lowest BCUT2D eigenvalue weighted by Crippen LogP contribution is -2.23. The molecule has 9 heteroatoms. The molecule has 0 saturated carbocycles. The first kappa shape index (κ1) is 18.3. The zero-order valence-corrected chi connectivity index (χ0v) is 16.3. The monoisotopic (exact) mass is 418 g/mol. The molecule has 0 bridgehead atoms. The number of nitrogens with one attached hydrogen (secondary N) is 1. The van der Waals surface area contributed by atoms with Crippen molar-refractivity contribution in [2.24, 2.45) is 0 Å². The second-order valence-corrected chi connectivity index (χ2v) is 7.81. The third-order valence-corrected chi connectivity index (χ3v) is 5.90. The SMILES string of the molecule is [C-]#[N+]c1nnc(Oc2ccc3c(c2)OCCC3C2=CS(=O)NC2=O)c2ccccc12. The van der Waals surface area contributed by atoms with Crippen LogP contribution in [0.15, 0.2) is 53.4 Å². The maximum Gasteiger partial charge on any atom is 0.304 e. The minimum absolute atomic E-state index is 0.187. The number of nitrogens with zero attached hydrogens (tertiary/aromatic N) is 3. The number of amides is 1. The van der Waals surface area contributed by atoms with Gasteiger partial charge in [0.2, 0.25) is 0 Å². The minimum Gasteiger partial charge on any atom is -0.493 e. The highest BCUT2D eigenvalue weighted by molar-refractivity contribution is 7.87. The average Bonchev–Trinajstić information content (AvgIpc) is 3.11. The number of ether oxygens (including phenoxy) is 2. The third kappa shape index (κ3) is 3.07. The van der Waals surface area contributed by atoms with Crippen LogP contribution in [0.4, 0.5) is 5.82 Å². The lowest BCUT2D eigenvalue weighted by Gasteiger charge is -2.26. The van der Waals surface area contributed by atoms with E-state index in [1.165, 1.54) is 5.41 Å². The van der Waals surface area contributed by atoms with Crippen LogP contribution in [-0.4, -0.2) is 26.9 Å². The fraction of sp³-hybridized carbons (Fsp3) is 0.143. The Kier molecular flexibility index (Phi) is 4.41. The van der Waals surface area contributed by atoms with E-state index in [2.05, 4.69) is 19.8 Å². The predicted molar refractivity (Wildman–Crippen MR) is 110 cm³/mol. The van der Waals surface area contributed by atoms with Crippen molar-refractivity contribution in [3.63, 3.8) is 0 Å². The van der Waals surface area contributed by atoms with E-state index in [1.807, 2.05) is 24.3 Å². The van der Waals surface area contributed by atoms with Crippen molar-refractivity contribution >= 4 is 33.5 Å². The van der Waals surface area contributed by atoms with Crippen LogP contribution in [0.1, 0.15) is 17.9 Å². The molecular weight excluding hydrogens is 404 g/mol. The molecule has 0 fully saturated rings. The van der Waals surface area contributed by atoms with Gasteiger partial charge in [0.25, 0.3) is 11.8 Å². The molecule has 2 atom stereocenters. The molecule has 148 valence electrons. The van der Waals surface area contributed by atoms with E-state index >= 15 is 0 Å². The van der Waals surface area contributed by atoms with Crippen LogP contribution < -0.4 is 14.2 Å². The summed E-state index contributed by atoms with van der Waals surface area (Å²) in [6.07, 6.45) is 0.623. The van der Waals surface area contributed by atoms with Crippen molar-refractivity contribution < 1.29 is 18.5 Å². The molecular formula is C21H14N4O4S. The molecule has 8 nitrogen and oxygen atoms in total. The Morgan fingerprint density at radius 1 is 1.20 bits per heavy atom. The van der Waals surface area contributed by atoms with Gasteiger partial charge in [-0.1, -0.05) is 36.9 Å². The van der Waals surface area contributed by atoms with Gasteiger partial charge in [-0.15, -0.1) is 0 Å². The number of rotatable bonds is 3. The van der Waals surface area contributed by atoms with Gasteiger partial charge >= 0.3 is 5.82 Å². The minimum atomic E-state index is -1.47. The van der Waals surface area contributed by atoms with Gasteiger partial charge in [0.05, 0.1) is 6.61 Å². The molecule has 0 saturated heterocycles. The van der Waals surface area contributed by atoms with E-state index in [-0.39, 0.29) is 17.6 Å². The van der Waals surface area contributed by atoms with Gasteiger partial charge in [0, 0.05) is 44.4 Å². The number of carbonyl (C=O) groups is 1. The summed E-state index contributed by atoms with van der Waals surface area (Å²) < 4.78 is 25.8. The van der Waals surface area contributed by atoms with Crippen LogP contribution >= 0.6 is 0 Å². The molecule has 0 spiro atoms. The molecule has 1 N–H and O–H groups in total. The van der Waals surface area contributed by atoms with Gasteiger partial charge in [-0.2, -0.15) is 0 Å². The van der Waals surface area contributed by atoms with E-state index in [9.17, 15) is 9.00 Å². The summed E-state index contributed by atoms with van der Waals surface area (Å²) in [4.78, 5) is 15.5. The van der Waals surface area contributed by atoms with Crippen molar-refractivity contribution in [1.29, 1.82) is 0 Å². The second-order valence-electron chi connectivity index (χ2n) is 6.78. The summed E-state index contributed by atoms with van der Waals surface area (Å²) in [6, 6.07) is 12.6. The van der Waals surface area contributed by atoms with Crippen molar-refractivity contribution in [1.82, 2.24) is 14.9 Å². The van der Waals surface area contributed by atoms with Gasteiger partial charge in [-0.25, -0.2) is 4.21 Å². The number of fused-ring (bicyclic) bond motifs is 2. The molecule has 5 rings (SSSR count). The third-order valence-electron chi connectivity index (χ3n) is 5.04. The number of carbonyl (C=O) groups excluding carboxylic acids is 1. The van der Waals surface area contributed by atoms with E-state index in [4.69, 9.17) is 16.0 Å². The lowest BCUT2D eigenvalue weighted by atomic mass is 9.87. The van der Waals surface area contributed by atoms with Gasteiger partial charge in [-0.3, -0.25) is 9.52 Å². The quantitative estimate of drug-likeness (QED) is 0.654. The Morgan fingerprint density at radius 2 is 2.03 bits per heavy atom. The topological polar surface area (TPSA) is 94.8 Å². The molecule has 2 aromatic carbocycles. The number of hydrogen-bond donors (Lipinski definition) is 1. The molecule has 30 heavy (non-hydrogen) atoms. The molecule has 2 aliphatic rings. The second kappa shape index (κ2) is 7.24. The summed E-state index contributed by atoms with van der Waals surface area (Å²) in [7, 11) is -1.47. The van der Waals surface area contributed by atoms with Gasteiger partial charge < -0.3 is 14.3 Å². The molecule has 2 aliphatic heterocycles. The maximum atomic E-state index is 12.1. The van der Waals surface area contributed by atoms with E-state index in [1.54, 1.807) is 18.2 Å². The van der Waals surface area contributed by atoms with Crippen LogP contribution in [0.25, 0.3) is 15.6 Å². The summed E-state index contributed by atoms with van der Waals surface area (Å²) >= 11 is 0. The van der Waals surface area contributed by atoms with Crippen molar-refractivity contribution in [2.45, 2.75) is 12.3 Å². The van der Waals surface area contributed by atoms with E-state index < -0.39 is 11.0 Å². The zero-order valence-electron chi connectivity index (χ0n) is 15.5. The Labute approximate surface area is 173 Å². The lowest BCUT2D eigenvalue weighted by molar-refractivity contribution is -0.115. The fourth-order valence-electron chi connectivity index (χ4n) is 3.68. The first-order valence-corrected chi connectivity index (χ1v) is 10.4. The van der Waals surface area contributed by atoms with Crippen molar-refractivity contribution in [2.75, 3.05) is 6.61 Å². The van der Waals surface area contributed by atoms with Crippen LogP contribution in [0, 0.1) is 6.57 Å². The van der Waals surface area contributed by atoms with Gasteiger partial charge in [0.1, 0.15) is 22.5 Å². The molecule has 2 unspecified atom stereocenters. The molecule has 1 aromatic heterocycles. The van der Waals surface area contributed by atoms with E-state index in [0.29, 0.717) is 46.8 Å². The van der Waals surface area contributed by atoms with Crippen molar-refractivity contribution in [3.8, 4) is 17.4 Å². The fourth-order valence-corrected chi connectivity index (χ4v) is 4.54. The Bertz CT molecular complexity index is 1300. The summed E-state index contributed by atoms with van der Waals surface area (Å²) in [5.74, 6) is 1.11. The maximum absolute atomic E-state index is 12.1. The number of aromatic nitrogens is 2. The first-order chi connectivity index (χ1) is 14.6. The predicted octanol–water partition coefficient (Wildman–Crippen LogP) is 3.52. The molecule has 0 aliphatic carbocycles. The normalized spacial score (nSPS) is 20.0. The van der Waals surface area contributed by atoms with Crippen LogP contribution in [-0.2, 0) is 15.8 Å². The Morgan fingerprint density at radius 3 is 2.80 bits per heavy atom. The average molecular weight is 418 g/mol. The van der Waals surface area contributed by atoms with E-state index in [0.717, 1.165) is 5.56 Å². The number of benzene rings is 2. The van der Waals surface area contributed by atoms with Crippen LogP contribution in [0.5, 0.6) is 17.4 Å². The van der Waals surface area contributed by atoms with Crippen LogP contribution in [0.2, 0.25) is 0 Å². The Balaban J connectivity index is 1.50. The molecule has 3 heterocycles. The summed E-state index contributed by atoms with van der Waals surface area (Å²) in [5, 5.41) is 10.8. The van der Waals surface area contributed by atoms with Crippen molar-refractivity contribution in [3.05, 3.63) is 70.4 Å². The summed E-state index contributed by atoms with van der Waals surface area (Å²) in [6.45, 7) is 7.68. The molecule has 0 radical (unpaired) electrons. The standard InChI is InChI=1S/C21H14N4O4S/c1-22-19-15-4-2-3-5-16(15)21(24-23-19)29-12-6-7-14-13(8-9-28-18(14)10-12)17-11-30(27)25-20(17)26/h2-7,10-11,13H,8-9H2,(H,25,26). The highest BCUT2D eigenvalue weighted by Crippen LogP contribution is 2.42. The number of hydrogen-bond acceptors (Lipinski definition) is 6. The highest BCUT2D eigenvalue weighted by Gasteiger charge is 2.33. The molecule has 1 amide bonds.